The van der Waals surface area contributed by atoms with Gasteiger partial charge < -0.3 is 9.30 Å². The smallest absolute Gasteiger partial charge is 0.183 e. The van der Waals surface area contributed by atoms with E-state index in [4.69, 9.17) is 4.74 Å². The molecule has 0 saturated heterocycles. The van der Waals surface area contributed by atoms with Crippen molar-refractivity contribution in [1.82, 2.24) is 24.7 Å². The number of pyridine rings is 1. The van der Waals surface area contributed by atoms with Crippen LogP contribution in [-0.4, -0.2) is 31.8 Å². The van der Waals surface area contributed by atoms with Crippen LogP contribution in [0.5, 0.6) is 5.75 Å². The van der Waals surface area contributed by atoms with E-state index >= 15 is 0 Å². The normalized spacial score (nSPS) is 11.1. The second kappa shape index (κ2) is 6.75. The van der Waals surface area contributed by atoms with Gasteiger partial charge in [-0.3, -0.25) is 4.98 Å². The van der Waals surface area contributed by atoms with Crippen LogP contribution in [0.1, 0.15) is 12.6 Å². The highest BCUT2D eigenvalue weighted by Gasteiger charge is 2.16. The Bertz CT molecular complexity index is 1140. The lowest BCUT2D eigenvalue weighted by Gasteiger charge is -2.13. The predicted molar refractivity (Wildman–Crippen MR) is 101 cm³/mol. The molecular weight excluding hydrogens is 345 g/mol. The Balaban J connectivity index is 1.92. The summed E-state index contributed by atoms with van der Waals surface area (Å²) in [6.45, 7) is 4.60. The highest BCUT2D eigenvalue weighted by atomic mass is 19.1. The Hall–Kier alpha value is -3.35. The highest BCUT2D eigenvalue weighted by Crippen LogP contribution is 2.36. The zero-order valence-corrected chi connectivity index (χ0v) is 15.3. The second-order valence-electron chi connectivity index (χ2n) is 6.13. The fourth-order valence-electron chi connectivity index (χ4n) is 3.24. The molecule has 4 aromatic rings. The number of aromatic nitrogens is 5. The lowest BCUT2D eigenvalue weighted by Crippen LogP contribution is -1.97. The van der Waals surface area contributed by atoms with E-state index < -0.39 is 0 Å². The van der Waals surface area contributed by atoms with Crippen molar-refractivity contribution in [2.24, 2.45) is 0 Å². The van der Waals surface area contributed by atoms with Crippen LogP contribution in [-0.2, 0) is 6.54 Å². The maximum absolute atomic E-state index is 14.7. The lowest BCUT2D eigenvalue weighted by molar-refractivity contribution is 0.410. The van der Waals surface area contributed by atoms with Gasteiger partial charge in [-0.15, -0.1) is 5.10 Å². The monoisotopic (exact) mass is 363 g/mol. The van der Waals surface area contributed by atoms with Crippen LogP contribution in [0.15, 0.2) is 43.0 Å². The van der Waals surface area contributed by atoms with Gasteiger partial charge in [0.1, 0.15) is 17.1 Å². The molecule has 27 heavy (non-hydrogen) atoms. The summed E-state index contributed by atoms with van der Waals surface area (Å²) in [5, 5.41) is 8.29. The molecule has 136 valence electrons. The molecule has 0 bridgehead atoms. The summed E-state index contributed by atoms with van der Waals surface area (Å²) in [7, 11) is 1.56. The van der Waals surface area contributed by atoms with E-state index in [-0.39, 0.29) is 5.82 Å². The average Bonchev–Trinajstić information content (AvgIpc) is 3.11. The van der Waals surface area contributed by atoms with Crippen molar-refractivity contribution < 1.29 is 9.13 Å². The van der Waals surface area contributed by atoms with Crippen molar-refractivity contribution in [3.8, 4) is 28.0 Å². The van der Waals surface area contributed by atoms with Crippen molar-refractivity contribution >= 4 is 11.2 Å². The van der Waals surface area contributed by atoms with Crippen molar-refractivity contribution in [2.45, 2.75) is 20.4 Å². The molecule has 0 saturated carbocycles. The summed E-state index contributed by atoms with van der Waals surface area (Å²) in [6, 6.07) is 6.71. The fraction of sp³-hybridized carbons (Fsp3) is 0.200. The summed E-state index contributed by atoms with van der Waals surface area (Å²) in [4.78, 5) is 8.69. The van der Waals surface area contributed by atoms with Crippen LogP contribution < -0.4 is 4.74 Å². The summed E-state index contributed by atoms with van der Waals surface area (Å²) >= 11 is 0. The van der Waals surface area contributed by atoms with E-state index in [1.165, 1.54) is 6.07 Å². The summed E-state index contributed by atoms with van der Waals surface area (Å²) in [6.07, 6.45) is 5.04. The van der Waals surface area contributed by atoms with Crippen LogP contribution in [0, 0.1) is 12.7 Å². The summed E-state index contributed by atoms with van der Waals surface area (Å²) in [5.74, 6) is 0.224. The van der Waals surface area contributed by atoms with Gasteiger partial charge in [0.05, 0.1) is 25.3 Å². The number of methoxy groups -OCH3 is 1. The number of rotatable bonds is 4. The molecule has 3 heterocycles. The molecule has 7 heteroatoms. The molecule has 0 aliphatic heterocycles. The quantitative estimate of drug-likeness (QED) is 0.548. The minimum atomic E-state index is -0.333. The Morgan fingerprint density at radius 3 is 2.74 bits per heavy atom. The molecule has 0 aliphatic rings. The van der Waals surface area contributed by atoms with E-state index in [9.17, 15) is 4.39 Å². The molecule has 0 spiro atoms. The fourth-order valence-corrected chi connectivity index (χ4v) is 3.24. The van der Waals surface area contributed by atoms with Crippen LogP contribution in [0.3, 0.4) is 0 Å². The maximum atomic E-state index is 14.7. The maximum Gasteiger partial charge on any atom is 0.183 e. The van der Waals surface area contributed by atoms with Gasteiger partial charge in [0.15, 0.2) is 5.65 Å². The van der Waals surface area contributed by atoms with Gasteiger partial charge >= 0.3 is 0 Å². The van der Waals surface area contributed by atoms with Gasteiger partial charge in [-0.05, 0) is 37.6 Å². The first-order valence-corrected chi connectivity index (χ1v) is 8.60. The standard InChI is InChI=1S/C20H18FN5O/c1-4-26-11-23-18-16(10-24-25-20(18)26)13-5-6-17(21)15(9-13)14-7-8-22-12(2)19(14)27-3/h5-11H,4H2,1-3H3. The molecule has 0 atom stereocenters. The van der Waals surface area contributed by atoms with Crippen molar-refractivity contribution in [3.63, 3.8) is 0 Å². The molecule has 0 radical (unpaired) electrons. The highest BCUT2D eigenvalue weighted by molar-refractivity contribution is 5.90. The van der Waals surface area contributed by atoms with Gasteiger partial charge in [-0.2, -0.15) is 5.10 Å². The molecule has 1 aromatic carbocycles. The third-order valence-corrected chi connectivity index (χ3v) is 4.60. The molecule has 0 fully saturated rings. The molecule has 6 nitrogen and oxygen atoms in total. The Labute approximate surface area is 155 Å². The molecular formula is C20H18FN5O. The van der Waals surface area contributed by atoms with Gasteiger partial charge in [-0.1, -0.05) is 6.07 Å². The third-order valence-electron chi connectivity index (χ3n) is 4.60. The zero-order valence-electron chi connectivity index (χ0n) is 15.3. The van der Waals surface area contributed by atoms with Gasteiger partial charge in [0.25, 0.3) is 0 Å². The van der Waals surface area contributed by atoms with Crippen LogP contribution in [0.4, 0.5) is 4.39 Å². The Kier molecular flexibility index (Phi) is 4.27. The van der Waals surface area contributed by atoms with E-state index in [0.717, 1.165) is 23.2 Å². The largest absolute Gasteiger partial charge is 0.494 e. The predicted octanol–water partition coefficient (Wildman–Crippen LogP) is 4.03. The topological polar surface area (TPSA) is 65.7 Å². The van der Waals surface area contributed by atoms with Crippen molar-refractivity contribution in [1.29, 1.82) is 0 Å². The second-order valence-corrected chi connectivity index (χ2v) is 6.13. The number of aryl methyl sites for hydroxylation is 2. The van der Waals surface area contributed by atoms with E-state index in [2.05, 4.69) is 20.2 Å². The van der Waals surface area contributed by atoms with Gasteiger partial charge in [0.2, 0.25) is 0 Å². The zero-order chi connectivity index (χ0) is 19.0. The van der Waals surface area contributed by atoms with E-state index in [0.29, 0.717) is 28.2 Å². The number of halogens is 1. The molecule has 0 N–H and O–H groups in total. The third kappa shape index (κ3) is 2.81. The SMILES string of the molecule is CCn1cnc2c(-c3ccc(F)c(-c4ccnc(C)c4OC)c3)cnnc21. The number of hydrogen-bond acceptors (Lipinski definition) is 5. The summed E-state index contributed by atoms with van der Waals surface area (Å²) < 4.78 is 22.0. The van der Waals surface area contributed by atoms with Crippen LogP contribution >= 0.6 is 0 Å². The van der Waals surface area contributed by atoms with E-state index in [1.54, 1.807) is 44.0 Å². The first-order valence-electron chi connectivity index (χ1n) is 8.60. The van der Waals surface area contributed by atoms with Crippen molar-refractivity contribution in [2.75, 3.05) is 7.11 Å². The molecule has 0 amide bonds. The lowest BCUT2D eigenvalue weighted by atomic mass is 9.98. The van der Waals surface area contributed by atoms with Crippen LogP contribution in [0.25, 0.3) is 33.4 Å². The summed E-state index contributed by atoms with van der Waals surface area (Å²) in [5.41, 5.74) is 4.86. The number of benzene rings is 1. The number of imidazole rings is 1. The van der Waals surface area contributed by atoms with Crippen molar-refractivity contribution in [3.05, 3.63) is 54.5 Å². The molecule has 3 aromatic heterocycles. The number of hydrogen-bond donors (Lipinski definition) is 0. The van der Waals surface area contributed by atoms with Crippen LogP contribution in [0.2, 0.25) is 0 Å². The first-order chi connectivity index (χ1) is 13.1. The number of nitrogens with zero attached hydrogens (tertiary/aromatic N) is 5. The molecule has 0 aliphatic carbocycles. The minimum Gasteiger partial charge on any atom is -0.494 e. The number of fused-ring (bicyclic) bond motifs is 1. The average molecular weight is 363 g/mol. The minimum absolute atomic E-state index is 0.333. The Morgan fingerprint density at radius 1 is 1.11 bits per heavy atom. The van der Waals surface area contributed by atoms with Gasteiger partial charge in [-0.25, -0.2) is 9.37 Å². The Morgan fingerprint density at radius 2 is 1.96 bits per heavy atom. The molecule has 0 unspecified atom stereocenters. The first kappa shape index (κ1) is 17.1. The molecule has 4 rings (SSSR count). The van der Waals surface area contributed by atoms with E-state index in [1.807, 2.05) is 18.4 Å². The number of ether oxygens (including phenoxy) is 1. The van der Waals surface area contributed by atoms with Gasteiger partial charge in [0, 0.05) is 29.4 Å².